The highest BCUT2D eigenvalue weighted by atomic mass is 19.4. The average molecular weight is 444 g/mol. The molecule has 0 radical (unpaired) electrons. The minimum absolute atomic E-state index is 0.0186. The van der Waals surface area contributed by atoms with Crippen molar-refractivity contribution in [3.05, 3.63) is 41.2 Å². The molecule has 0 bridgehead atoms. The van der Waals surface area contributed by atoms with Gasteiger partial charge in [0.2, 0.25) is 0 Å². The minimum atomic E-state index is -4.51. The Bertz CT molecular complexity index is 893. The number of aliphatic hydroxyl groups excluding tert-OH is 1. The number of halogens is 3. The zero-order valence-corrected chi connectivity index (χ0v) is 17.0. The van der Waals surface area contributed by atoms with Crippen LogP contribution in [0.5, 0.6) is 0 Å². The average Bonchev–Trinajstić information content (AvgIpc) is 3.14. The number of rotatable bonds is 7. The van der Waals surface area contributed by atoms with Crippen LogP contribution in [-0.2, 0) is 22.1 Å². The number of nitrogens with zero attached hydrogens (tertiary/aromatic N) is 3. The summed E-state index contributed by atoms with van der Waals surface area (Å²) in [4.78, 5) is 22.4. The number of alkyl halides is 3. The van der Waals surface area contributed by atoms with E-state index in [2.05, 4.69) is 15.3 Å². The lowest BCUT2D eigenvalue weighted by Gasteiger charge is -2.36. The third-order valence-electron chi connectivity index (χ3n) is 4.91. The molecular formula is C19H23F3N4O5. The lowest BCUT2D eigenvalue weighted by atomic mass is 10.1. The molecule has 12 heteroatoms. The maximum Gasteiger partial charge on any atom is 0.419 e. The molecule has 0 aromatic carbocycles. The van der Waals surface area contributed by atoms with Crippen molar-refractivity contribution in [3.63, 3.8) is 0 Å². The fourth-order valence-electron chi connectivity index (χ4n) is 3.33. The van der Waals surface area contributed by atoms with Gasteiger partial charge in [-0.05, 0) is 13.3 Å². The van der Waals surface area contributed by atoms with Crippen LogP contribution in [0.2, 0.25) is 0 Å². The Kier molecular flexibility index (Phi) is 7.13. The first-order valence-corrected chi connectivity index (χ1v) is 9.51. The van der Waals surface area contributed by atoms with Gasteiger partial charge in [-0.15, -0.1) is 0 Å². The third-order valence-corrected chi connectivity index (χ3v) is 4.91. The first-order chi connectivity index (χ1) is 14.7. The van der Waals surface area contributed by atoms with Crippen LogP contribution in [0.15, 0.2) is 23.2 Å². The number of nitrogens with one attached hydrogen (secondary N) is 1. The zero-order valence-electron chi connectivity index (χ0n) is 17.0. The van der Waals surface area contributed by atoms with Gasteiger partial charge in [0.05, 0.1) is 18.7 Å². The highest BCUT2D eigenvalue weighted by molar-refractivity contribution is 5.98. The van der Waals surface area contributed by atoms with Crippen molar-refractivity contribution in [2.75, 3.05) is 38.7 Å². The van der Waals surface area contributed by atoms with E-state index in [0.29, 0.717) is 6.26 Å². The van der Waals surface area contributed by atoms with E-state index in [9.17, 15) is 23.1 Å². The van der Waals surface area contributed by atoms with Gasteiger partial charge in [0.15, 0.2) is 6.29 Å². The fraction of sp³-hybridized carbons (Fsp3) is 0.526. The van der Waals surface area contributed by atoms with Gasteiger partial charge >= 0.3 is 6.18 Å². The summed E-state index contributed by atoms with van der Waals surface area (Å²) in [6.45, 7) is 1.55. The van der Waals surface area contributed by atoms with Crippen molar-refractivity contribution < 1.29 is 37.0 Å². The summed E-state index contributed by atoms with van der Waals surface area (Å²) in [5.41, 5.74) is -0.625. The second-order valence-electron chi connectivity index (χ2n) is 6.96. The Morgan fingerprint density at radius 3 is 2.87 bits per heavy atom. The fourth-order valence-corrected chi connectivity index (χ4v) is 3.33. The van der Waals surface area contributed by atoms with Crippen molar-refractivity contribution in [3.8, 4) is 0 Å². The SMILES string of the molecule is CO[C@@H]1CN(C(=O)c2cncnc2NCCc2c(C(F)(F)F)coc2C)C[C@@H](CO)O1. The van der Waals surface area contributed by atoms with E-state index in [1.807, 2.05) is 0 Å². The topological polar surface area (TPSA) is 110 Å². The molecule has 0 aliphatic carbocycles. The van der Waals surface area contributed by atoms with E-state index >= 15 is 0 Å². The van der Waals surface area contributed by atoms with E-state index in [1.165, 1.54) is 31.5 Å². The van der Waals surface area contributed by atoms with Crippen LogP contribution in [0.25, 0.3) is 0 Å². The molecule has 2 N–H and O–H groups in total. The number of hydrogen-bond donors (Lipinski definition) is 2. The van der Waals surface area contributed by atoms with E-state index in [0.717, 1.165) is 0 Å². The zero-order chi connectivity index (χ0) is 22.6. The minimum Gasteiger partial charge on any atom is -0.469 e. The van der Waals surface area contributed by atoms with Gasteiger partial charge in [-0.1, -0.05) is 0 Å². The molecule has 170 valence electrons. The van der Waals surface area contributed by atoms with Gasteiger partial charge in [0.1, 0.15) is 35.8 Å². The molecule has 2 aromatic heterocycles. The molecule has 3 rings (SSSR count). The quantitative estimate of drug-likeness (QED) is 0.666. The van der Waals surface area contributed by atoms with Gasteiger partial charge < -0.3 is 29.2 Å². The second kappa shape index (κ2) is 9.62. The molecule has 2 aromatic rings. The Balaban J connectivity index is 1.71. The molecule has 0 spiro atoms. The molecule has 1 saturated heterocycles. The largest absolute Gasteiger partial charge is 0.469 e. The molecule has 0 saturated carbocycles. The van der Waals surface area contributed by atoms with Crippen molar-refractivity contribution in [2.45, 2.75) is 31.9 Å². The van der Waals surface area contributed by atoms with Gasteiger partial charge in [-0.25, -0.2) is 9.97 Å². The summed E-state index contributed by atoms with van der Waals surface area (Å²) in [5.74, 6) is -0.0415. The number of hydrogen-bond acceptors (Lipinski definition) is 8. The third kappa shape index (κ3) is 5.32. The Labute approximate surface area is 176 Å². The van der Waals surface area contributed by atoms with E-state index in [1.54, 1.807) is 0 Å². The number of methoxy groups -OCH3 is 1. The molecule has 1 aliphatic rings. The van der Waals surface area contributed by atoms with Crippen LogP contribution in [0.4, 0.5) is 19.0 Å². The molecular weight excluding hydrogens is 421 g/mol. The van der Waals surface area contributed by atoms with Gasteiger partial charge in [0.25, 0.3) is 5.91 Å². The summed E-state index contributed by atoms with van der Waals surface area (Å²) >= 11 is 0. The number of aryl methyl sites for hydroxylation is 1. The number of aliphatic hydroxyl groups is 1. The smallest absolute Gasteiger partial charge is 0.419 e. The Morgan fingerprint density at radius 1 is 1.42 bits per heavy atom. The number of carbonyl (C=O) groups excluding carboxylic acids is 1. The number of furan rings is 1. The first-order valence-electron chi connectivity index (χ1n) is 9.51. The standard InChI is InChI=1S/C19H23F3N4O5/c1-11-13(15(9-30-11)19(20,21)22)3-4-24-17-14(5-23-10-25-17)18(28)26-6-12(8-27)31-16(7-26)29-2/h5,9-10,12,16,27H,3-4,6-8H2,1-2H3,(H,23,24,25)/t12-,16-/m0/s1. The van der Waals surface area contributed by atoms with Crippen LogP contribution in [0, 0.1) is 6.92 Å². The molecule has 1 fully saturated rings. The lowest BCUT2D eigenvalue weighted by Crippen LogP contribution is -2.51. The van der Waals surface area contributed by atoms with Crippen LogP contribution in [-0.4, -0.2) is 71.6 Å². The number of aromatic nitrogens is 2. The number of carbonyl (C=O) groups is 1. The molecule has 31 heavy (non-hydrogen) atoms. The Morgan fingerprint density at radius 2 is 2.19 bits per heavy atom. The van der Waals surface area contributed by atoms with Crippen molar-refractivity contribution in [1.29, 1.82) is 0 Å². The normalized spacial score (nSPS) is 19.5. The van der Waals surface area contributed by atoms with E-state index < -0.39 is 30.0 Å². The van der Waals surface area contributed by atoms with Crippen molar-refractivity contribution in [2.24, 2.45) is 0 Å². The second-order valence-corrected chi connectivity index (χ2v) is 6.96. The van der Waals surface area contributed by atoms with Crippen molar-refractivity contribution >= 4 is 11.7 Å². The number of amides is 1. The molecule has 9 nitrogen and oxygen atoms in total. The van der Waals surface area contributed by atoms with Crippen LogP contribution in [0.1, 0.15) is 27.2 Å². The van der Waals surface area contributed by atoms with Gasteiger partial charge in [-0.3, -0.25) is 4.79 Å². The van der Waals surface area contributed by atoms with Crippen molar-refractivity contribution in [1.82, 2.24) is 14.9 Å². The number of anilines is 1. The van der Waals surface area contributed by atoms with Gasteiger partial charge in [-0.2, -0.15) is 13.2 Å². The monoisotopic (exact) mass is 444 g/mol. The summed E-state index contributed by atoms with van der Waals surface area (Å²) in [6, 6.07) is 0. The summed E-state index contributed by atoms with van der Waals surface area (Å²) in [5, 5.41) is 12.3. The van der Waals surface area contributed by atoms with Gasteiger partial charge in [0, 0.05) is 32.0 Å². The molecule has 0 unspecified atom stereocenters. The predicted octanol–water partition coefficient (Wildman–Crippen LogP) is 1.86. The number of ether oxygens (including phenoxy) is 2. The van der Waals surface area contributed by atoms with Crippen LogP contribution in [0.3, 0.4) is 0 Å². The molecule has 3 heterocycles. The molecule has 2 atom stereocenters. The van der Waals surface area contributed by atoms with Crippen LogP contribution < -0.4 is 5.32 Å². The summed E-state index contributed by atoms with van der Waals surface area (Å²) < 4.78 is 54.9. The first kappa shape index (κ1) is 23.0. The summed E-state index contributed by atoms with van der Waals surface area (Å²) in [6.07, 6.45) is -2.53. The lowest BCUT2D eigenvalue weighted by molar-refractivity contribution is -0.198. The maximum absolute atomic E-state index is 13.1. The molecule has 1 amide bonds. The molecule has 1 aliphatic heterocycles. The van der Waals surface area contributed by atoms with E-state index in [-0.39, 0.29) is 55.4 Å². The highest BCUT2D eigenvalue weighted by Crippen LogP contribution is 2.34. The maximum atomic E-state index is 13.1. The highest BCUT2D eigenvalue weighted by Gasteiger charge is 2.36. The summed E-state index contributed by atoms with van der Waals surface area (Å²) in [7, 11) is 1.43. The number of morpholine rings is 1. The Hall–Kier alpha value is -2.70. The van der Waals surface area contributed by atoms with E-state index in [4.69, 9.17) is 13.9 Å². The predicted molar refractivity (Wildman–Crippen MR) is 101 cm³/mol. The van der Waals surface area contributed by atoms with Crippen LogP contribution >= 0.6 is 0 Å².